The third-order valence-electron chi connectivity index (χ3n) is 4.25. The topological polar surface area (TPSA) is 196 Å². The molecule has 0 aromatic rings. The van der Waals surface area contributed by atoms with Crippen molar-refractivity contribution in [1.82, 2.24) is 0 Å². The predicted octanol–water partition coefficient (Wildman–Crippen LogP) is -4.83. The van der Waals surface area contributed by atoms with E-state index in [1.807, 2.05) is 0 Å². The summed E-state index contributed by atoms with van der Waals surface area (Å²) >= 11 is 0. The molecule has 0 bridgehead atoms. The van der Waals surface area contributed by atoms with E-state index in [1.54, 1.807) is 0 Å². The second kappa shape index (κ2) is 8.84. The number of esters is 1. The van der Waals surface area contributed by atoms with Crippen molar-refractivity contribution in [3.05, 3.63) is 0 Å². The van der Waals surface area contributed by atoms with Gasteiger partial charge in [0, 0.05) is 6.92 Å². The Morgan fingerprint density at radius 2 is 1.54 bits per heavy atom. The quantitative estimate of drug-likeness (QED) is 0.224. The van der Waals surface area contributed by atoms with Crippen LogP contribution in [0.1, 0.15) is 6.92 Å². The molecule has 2 aliphatic heterocycles. The largest absolute Gasteiger partial charge is 0.463 e. The molecule has 0 radical (unpaired) electrons. The highest BCUT2D eigenvalue weighted by molar-refractivity contribution is 5.65. The Labute approximate surface area is 148 Å². The van der Waals surface area contributed by atoms with Crippen molar-refractivity contribution in [2.45, 2.75) is 68.3 Å². The number of aliphatic hydroxyl groups is 7. The molecule has 2 fully saturated rings. The summed E-state index contributed by atoms with van der Waals surface area (Å²) in [6, 6.07) is 0. The molecule has 152 valence electrons. The van der Waals surface area contributed by atoms with E-state index >= 15 is 0 Å². The van der Waals surface area contributed by atoms with E-state index in [1.165, 1.54) is 0 Å². The van der Waals surface area contributed by atoms with E-state index in [0.29, 0.717) is 0 Å². The minimum Gasteiger partial charge on any atom is -0.463 e. The van der Waals surface area contributed by atoms with Crippen molar-refractivity contribution < 1.29 is 59.5 Å². The van der Waals surface area contributed by atoms with E-state index < -0.39 is 80.6 Å². The van der Waals surface area contributed by atoms with E-state index in [9.17, 15) is 35.4 Å². The molecular weight excluding hydrogens is 360 g/mol. The number of ether oxygens (including phenoxy) is 4. The molecule has 2 rings (SSSR count). The molecule has 2 heterocycles. The van der Waals surface area contributed by atoms with Gasteiger partial charge in [-0.05, 0) is 0 Å². The van der Waals surface area contributed by atoms with Crippen LogP contribution >= 0.6 is 0 Å². The molecule has 26 heavy (non-hydrogen) atoms. The van der Waals surface area contributed by atoms with Crippen molar-refractivity contribution >= 4 is 5.97 Å². The summed E-state index contributed by atoms with van der Waals surface area (Å²) in [5.41, 5.74) is 0. The third-order valence-corrected chi connectivity index (χ3v) is 4.25. The molecule has 0 aromatic carbocycles. The van der Waals surface area contributed by atoms with Gasteiger partial charge in [-0.2, -0.15) is 0 Å². The molecule has 2 aliphatic rings. The number of carbonyl (C=O) groups is 1. The minimum atomic E-state index is -1.80. The number of hydrogen-bond donors (Lipinski definition) is 7. The van der Waals surface area contributed by atoms with Crippen LogP contribution < -0.4 is 0 Å². The zero-order chi connectivity index (χ0) is 19.6. The lowest BCUT2D eigenvalue weighted by Gasteiger charge is -2.45. The van der Waals surface area contributed by atoms with Crippen LogP contribution in [0.25, 0.3) is 0 Å². The van der Waals surface area contributed by atoms with Crippen molar-refractivity contribution in [2.24, 2.45) is 0 Å². The molecule has 0 spiro atoms. The lowest BCUT2D eigenvalue weighted by molar-refractivity contribution is -0.355. The van der Waals surface area contributed by atoms with Gasteiger partial charge in [0.15, 0.2) is 12.6 Å². The van der Waals surface area contributed by atoms with Gasteiger partial charge in [0.1, 0.15) is 55.4 Å². The summed E-state index contributed by atoms with van der Waals surface area (Å²) in [5, 5.41) is 68.6. The van der Waals surface area contributed by atoms with Crippen LogP contribution in [-0.2, 0) is 23.7 Å². The molecule has 0 amide bonds. The van der Waals surface area contributed by atoms with Crippen molar-refractivity contribution in [3.8, 4) is 0 Å². The molecule has 2 saturated heterocycles. The number of rotatable bonds is 5. The summed E-state index contributed by atoms with van der Waals surface area (Å²) in [7, 11) is 0. The Bertz CT molecular complexity index is 473. The summed E-state index contributed by atoms with van der Waals surface area (Å²) in [6.07, 6.45) is -15.9. The van der Waals surface area contributed by atoms with Crippen LogP contribution in [0, 0.1) is 0 Å². The van der Waals surface area contributed by atoms with Crippen LogP contribution in [0.15, 0.2) is 0 Å². The molecule has 0 aromatic heterocycles. The van der Waals surface area contributed by atoms with E-state index in [0.717, 1.165) is 6.92 Å². The predicted molar refractivity (Wildman–Crippen MR) is 78.2 cm³/mol. The zero-order valence-electron chi connectivity index (χ0n) is 13.9. The number of carbonyl (C=O) groups excluding carboxylic acids is 1. The fourth-order valence-electron chi connectivity index (χ4n) is 2.75. The summed E-state index contributed by atoms with van der Waals surface area (Å²) in [4.78, 5) is 10.9. The number of hydrogen-bond acceptors (Lipinski definition) is 12. The first kappa shape index (κ1) is 21.4. The van der Waals surface area contributed by atoms with E-state index in [4.69, 9.17) is 24.1 Å². The fraction of sp³-hybridized carbons (Fsp3) is 0.929. The second-order valence-corrected chi connectivity index (χ2v) is 6.15. The summed E-state index contributed by atoms with van der Waals surface area (Å²) in [5.74, 6) is -0.659. The van der Waals surface area contributed by atoms with Crippen LogP contribution in [-0.4, -0.2) is 116 Å². The molecule has 0 unspecified atom stereocenters. The van der Waals surface area contributed by atoms with Gasteiger partial charge in [-0.3, -0.25) is 4.79 Å². The Kier molecular flexibility index (Phi) is 7.27. The van der Waals surface area contributed by atoms with Gasteiger partial charge < -0.3 is 54.7 Å². The maximum Gasteiger partial charge on any atom is 0.302 e. The third kappa shape index (κ3) is 4.48. The van der Waals surface area contributed by atoms with Crippen LogP contribution in [0.4, 0.5) is 0 Å². The average Bonchev–Trinajstić information content (AvgIpc) is 2.60. The first-order valence-electron chi connectivity index (χ1n) is 7.96. The molecular formula is C14H24O12. The Hall–Kier alpha value is -0.930. The van der Waals surface area contributed by atoms with Crippen molar-refractivity contribution in [3.63, 3.8) is 0 Å². The monoisotopic (exact) mass is 384 g/mol. The fourth-order valence-corrected chi connectivity index (χ4v) is 2.75. The normalized spacial score (nSPS) is 46.8. The van der Waals surface area contributed by atoms with Crippen LogP contribution in [0.3, 0.4) is 0 Å². The van der Waals surface area contributed by atoms with Crippen LogP contribution in [0.5, 0.6) is 0 Å². The van der Waals surface area contributed by atoms with Crippen molar-refractivity contribution in [2.75, 3.05) is 13.2 Å². The average molecular weight is 384 g/mol. The highest BCUT2D eigenvalue weighted by atomic mass is 16.7. The molecule has 12 nitrogen and oxygen atoms in total. The lowest BCUT2D eigenvalue weighted by atomic mass is 9.97. The van der Waals surface area contributed by atoms with Gasteiger partial charge in [-0.1, -0.05) is 0 Å². The second-order valence-electron chi connectivity index (χ2n) is 6.15. The van der Waals surface area contributed by atoms with Gasteiger partial charge >= 0.3 is 5.97 Å². The van der Waals surface area contributed by atoms with Gasteiger partial charge in [0.25, 0.3) is 0 Å². The van der Waals surface area contributed by atoms with Gasteiger partial charge in [-0.25, -0.2) is 0 Å². The SMILES string of the molecule is CC(=O)OC[C@H]1O[C@H](O)[C@H](O)[C@@H](O[C@@H]2O[C@H](CO)[C@H](O)[C@H](O)[C@H]2O)[C@@H]1O. The highest BCUT2D eigenvalue weighted by Gasteiger charge is 2.50. The zero-order valence-corrected chi connectivity index (χ0v) is 13.9. The van der Waals surface area contributed by atoms with Gasteiger partial charge in [0.05, 0.1) is 6.61 Å². The van der Waals surface area contributed by atoms with Crippen molar-refractivity contribution in [1.29, 1.82) is 0 Å². The highest BCUT2D eigenvalue weighted by Crippen LogP contribution is 2.28. The van der Waals surface area contributed by atoms with E-state index in [2.05, 4.69) is 0 Å². The maximum absolute atomic E-state index is 10.9. The molecule has 12 heteroatoms. The summed E-state index contributed by atoms with van der Waals surface area (Å²) in [6.45, 7) is -0.00136. The Morgan fingerprint density at radius 3 is 2.12 bits per heavy atom. The smallest absolute Gasteiger partial charge is 0.302 e. The summed E-state index contributed by atoms with van der Waals surface area (Å²) < 4.78 is 20.1. The van der Waals surface area contributed by atoms with Crippen LogP contribution in [0.2, 0.25) is 0 Å². The molecule has 10 atom stereocenters. The Morgan fingerprint density at radius 1 is 0.885 bits per heavy atom. The Balaban J connectivity index is 2.10. The maximum atomic E-state index is 10.9. The molecule has 0 aliphatic carbocycles. The van der Waals surface area contributed by atoms with E-state index in [-0.39, 0.29) is 0 Å². The van der Waals surface area contributed by atoms with Gasteiger partial charge in [0.2, 0.25) is 0 Å². The standard InChI is InChI=1S/C14H24O12/c1-4(16)23-3-6-8(18)12(11(21)13(22)24-6)26-14-10(20)9(19)7(17)5(2-15)25-14/h5-15,17-22H,2-3H2,1H3/t5-,6-,7+,8-,9+,10-,11-,12+,13+,14+/m1/s1. The van der Waals surface area contributed by atoms with Gasteiger partial charge in [-0.15, -0.1) is 0 Å². The first-order chi connectivity index (χ1) is 12.2. The lowest BCUT2D eigenvalue weighted by Crippen LogP contribution is -2.64. The molecule has 7 N–H and O–H groups in total. The first-order valence-corrected chi connectivity index (χ1v) is 7.96. The number of aliphatic hydroxyl groups excluding tert-OH is 7. The minimum absolute atomic E-state index is 0.436. The molecule has 0 saturated carbocycles.